The van der Waals surface area contributed by atoms with Gasteiger partial charge in [0.05, 0.1) is 11.7 Å². The van der Waals surface area contributed by atoms with Gasteiger partial charge in [0.25, 0.3) is 0 Å². The molecule has 0 bridgehead atoms. The first-order chi connectivity index (χ1) is 9.66. The maximum absolute atomic E-state index is 12.3. The summed E-state index contributed by atoms with van der Waals surface area (Å²) in [4.78, 5) is 12.3. The van der Waals surface area contributed by atoms with Gasteiger partial charge in [0.15, 0.2) is 0 Å². The van der Waals surface area contributed by atoms with Gasteiger partial charge in [0.2, 0.25) is 0 Å². The summed E-state index contributed by atoms with van der Waals surface area (Å²) in [6, 6.07) is 12.6. The number of benzene rings is 2. The van der Waals surface area contributed by atoms with Crippen LogP contribution in [0.2, 0.25) is 5.02 Å². The first kappa shape index (κ1) is 12.7. The number of fused-ring (bicyclic) bond motifs is 1. The van der Waals surface area contributed by atoms with E-state index < -0.39 is 0 Å². The number of carbonyl (C=O) groups excluding carboxylic acids is 1. The fourth-order valence-corrected chi connectivity index (χ4v) is 2.22. The van der Waals surface area contributed by atoms with Gasteiger partial charge in [-0.3, -0.25) is 0 Å². The van der Waals surface area contributed by atoms with Crippen molar-refractivity contribution in [3.05, 3.63) is 59.2 Å². The van der Waals surface area contributed by atoms with Crippen molar-refractivity contribution in [3.63, 3.8) is 0 Å². The normalized spacial score (nSPS) is 10.7. The van der Waals surface area contributed by atoms with Crippen LogP contribution >= 0.6 is 11.6 Å². The van der Waals surface area contributed by atoms with Crippen molar-refractivity contribution in [3.8, 4) is 0 Å². The second kappa shape index (κ2) is 4.98. The molecule has 0 aliphatic heterocycles. The Morgan fingerprint density at radius 2 is 2.00 bits per heavy atom. The molecule has 20 heavy (non-hydrogen) atoms. The van der Waals surface area contributed by atoms with Crippen LogP contribution in [0.4, 0.5) is 10.5 Å². The molecule has 3 aromatic rings. The Morgan fingerprint density at radius 1 is 1.20 bits per heavy atom. The molecule has 0 saturated heterocycles. The number of nitrogens with zero attached hydrogens (tertiary/aromatic N) is 2. The lowest BCUT2D eigenvalue weighted by Gasteiger charge is -2.09. The average molecular weight is 286 g/mol. The zero-order valence-corrected chi connectivity index (χ0v) is 11.6. The molecule has 0 spiro atoms. The number of nitrogens with one attached hydrogen (secondary N) is 1. The van der Waals surface area contributed by atoms with Gasteiger partial charge in [-0.05, 0) is 30.7 Å². The van der Waals surface area contributed by atoms with Crippen molar-refractivity contribution in [2.24, 2.45) is 0 Å². The molecule has 1 N–H and O–H groups in total. The minimum atomic E-state index is -0.309. The van der Waals surface area contributed by atoms with Crippen molar-refractivity contribution >= 4 is 34.2 Å². The highest BCUT2D eigenvalue weighted by atomic mass is 35.5. The second-order valence-electron chi connectivity index (χ2n) is 4.46. The number of hydrogen-bond acceptors (Lipinski definition) is 2. The molecular formula is C15H12ClN3O. The van der Waals surface area contributed by atoms with Crippen LogP contribution in [0.1, 0.15) is 5.56 Å². The summed E-state index contributed by atoms with van der Waals surface area (Å²) in [7, 11) is 0. The molecule has 0 radical (unpaired) electrons. The van der Waals surface area contributed by atoms with E-state index in [-0.39, 0.29) is 6.03 Å². The fourth-order valence-electron chi connectivity index (χ4n) is 2.04. The maximum Gasteiger partial charge on any atom is 0.347 e. The highest BCUT2D eigenvalue weighted by Crippen LogP contribution is 2.23. The van der Waals surface area contributed by atoms with E-state index in [2.05, 4.69) is 10.4 Å². The molecule has 4 nitrogen and oxygen atoms in total. The highest BCUT2D eigenvalue weighted by molar-refractivity contribution is 6.31. The molecule has 0 atom stereocenters. The van der Waals surface area contributed by atoms with Crippen LogP contribution in [0, 0.1) is 6.92 Å². The van der Waals surface area contributed by atoms with E-state index in [1.165, 1.54) is 4.68 Å². The van der Waals surface area contributed by atoms with Gasteiger partial charge < -0.3 is 5.32 Å². The predicted octanol–water partition coefficient (Wildman–Crippen LogP) is 4.08. The quantitative estimate of drug-likeness (QED) is 0.732. The zero-order chi connectivity index (χ0) is 14.1. The average Bonchev–Trinajstić information content (AvgIpc) is 2.88. The van der Waals surface area contributed by atoms with Gasteiger partial charge in [-0.15, -0.1) is 0 Å². The minimum Gasteiger partial charge on any atom is -0.306 e. The number of halogens is 1. The molecule has 0 aliphatic rings. The van der Waals surface area contributed by atoms with Gasteiger partial charge in [-0.2, -0.15) is 9.78 Å². The molecule has 2 aromatic carbocycles. The van der Waals surface area contributed by atoms with Gasteiger partial charge >= 0.3 is 6.03 Å². The van der Waals surface area contributed by atoms with E-state index in [1.807, 2.05) is 37.3 Å². The fraction of sp³-hybridized carbons (Fsp3) is 0.0667. The number of amides is 1. The van der Waals surface area contributed by atoms with Crippen molar-refractivity contribution in [2.45, 2.75) is 6.92 Å². The van der Waals surface area contributed by atoms with E-state index in [0.29, 0.717) is 10.7 Å². The Hall–Kier alpha value is -2.33. The van der Waals surface area contributed by atoms with Crippen LogP contribution in [0.15, 0.2) is 48.7 Å². The second-order valence-corrected chi connectivity index (χ2v) is 4.86. The summed E-state index contributed by atoms with van der Waals surface area (Å²) >= 11 is 6.04. The van der Waals surface area contributed by atoms with E-state index in [1.54, 1.807) is 18.3 Å². The molecule has 0 unspecified atom stereocenters. The van der Waals surface area contributed by atoms with Crippen LogP contribution in [-0.4, -0.2) is 15.8 Å². The van der Waals surface area contributed by atoms with Crippen molar-refractivity contribution in [2.75, 3.05) is 5.32 Å². The predicted molar refractivity (Wildman–Crippen MR) is 80.3 cm³/mol. The molecule has 0 fully saturated rings. The number of carbonyl (C=O) groups is 1. The minimum absolute atomic E-state index is 0.309. The summed E-state index contributed by atoms with van der Waals surface area (Å²) < 4.78 is 1.34. The standard InChI is InChI=1S/C15H12ClN3O/c1-10-12(16)6-4-7-13(10)18-15(20)19-14-8-3-2-5-11(14)9-17-19/h2-9H,1H3,(H,18,20). The number of para-hydroxylation sites is 1. The first-order valence-electron chi connectivity index (χ1n) is 6.16. The molecule has 1 amide bonds. The number of anilines is 1. The third-order valence-electron chi connectivity index (χ3n) is 3.18. The monoisotopic (exact) mass is 285 g/mol. The lowest BCUT2D eigenvalue weighted by atomic mass is 10.2. The van der Waals surface area contributed by atoms with Crippen molar-refractivity contribution in [1.82, 2.24) is 9.78 Å². The van der Waals surface area contributed by atoms with Crippen LogP contribution < -0.4 is 5.32 Å². The van der Waals surface area contributed by atoms with Gasteiger partial charge in [-0.25, -0.2) is 4.79 Å². The molecule has 3 rings (SSSR count). The van der Waals surface area contributed by atoms with Gasteiger partial charge in [0, 0.05) is 16.1 Å². The molecule has 1 aromatic heterocycles. The summed E-state index contributed by atoms with van der Waals surface area (Å²) in [5.41, 5.74) is 2.28. The third kappa shape index (κ3) is 2.14. The van der Waals surface area contributed by atoms with Crippen molar-refractivity contribution in [1.29, 1.82) is 0 Å². The smallest absolute Gasteiger partial charge is 0.306 e. The van der Waals surface area contributed by atoms with Crippen LogP contribution in [-0.2, 0) is 0 Å². The molecule has 1 heterocycles. The Balaban J connectivity index is 1.95. The lowest BCUT2D eigenvalue weighted by Crippen LogP contribution is -2.20. The van der Waals surface area contributed by atoms with Crippen LogP contribution in [0.25, 0.3) is 10.9 Å². The van der Waals surface area contributed by atoms with Crippen LogP contribution in [0.3, 0.4) is 0 Å². The maximum atomic E-state index is 12.3. The van der Waals surface area contributed by atoms with E-state index in [9.17, 15) is 4.79 Å². The van der Waals surface area contributed by atoms with E-state index >= 15 is 0 Å². The van der Waals surface area contributed by atoms with Gasteiger partial charge in [-0.1, -0.05) is 35.9 Å². The lowest BCUT2D eigenvalue weighted by molar-refractivity contribution is 0.252. The zero-order valence-electron chi connectivity index (χ0n) is 10.8. The third-order valence-corrected chi connectivity index (χ3v) is 3.59. The molecule has 0 saturated carbocycles. The van der Waals surface area contributed by atoms with Gasteiger partial charge in [0.1, 0.15) is 0 Å². The Bertz CT molecular complexity index is 795. The molecule has 0 aliphatic carbocycles. The summed E-state index contributed by atoms with van der Waals surface area (Å²) in [5.74, 6) is 0. The first-order valence-corrected chi connectivity index (χ1v) is 6.54. The number of rotatable bonds is 1. The summed E-state index contributed by atoms with van der Waals surface area (Å²) in [6.45, 7) is 1.86. The van der Waals surface area contributed by atoms with E-state index in [4.69, 9.17) is 11.6 Å². The molecular weight excluding hydrogens is 274 g/mol. The summed E-state index contributed by atoms with van der Waals surface area (Å²) in [6.07, 6.45) is 1.67. The topological polar surface area (TPSA) is 46.9 Å². The SMILES string of the molecule is Cc1c(Cl)cccc1NC(=O)n1ncc2ccccc21. The Kier molecular flexibility index (Phi) is 3.16. The number of hydrogen-bond donors (Lipinski definition) is 1. The molecule has 100 valence electrons. The van der Waals surface area contributed by atoms with Crippen LogP contribution in [0.5, 0.6) is 0 Å². The molecule has 5 heteroatoms. The van der Waals surface area contributed by atoms with E-state index in [0.717, 1.165) is 16.5 Å². The van der Waals surface area contributed by atoms with Crippen molar-refractivity contribution < 1.29 is 4.79 Å². The number of aromatic nitrogens is 2. The highest BCUT2D eigenvalue weighted by Gasteiger charge is 2.12. The summed E-state index contributed by atoms with van der Waals surface area (Å²) in [5, 5.41) is 8.48. The largest absolute Gasteiger partial charge is 0.347 e. The Labute approximate surface area is 121 Å². The Morgan fingerprint density at radius 3 is 2.85 bits per heavy atom.